The number of hydroxylamine groups is 2. The summed E-state index contributed by atoms with van der Waals surface area (Å²) < 4.78 is 26.3. The quantitative estimate of drug-likeness (QED) is 0.304. The van der Waals surface area contributed by atoms with Crippen LogP contribution in [0, 0.1) is 6.08 Å². The van der Waals surface area contributed by atoms with E-state index in [4.69, 9.17) is 20.0 Å². The Balaban J connectivity index is 1.86. The van der Waals surface area contributed by atoms with Crippen molar-refractivity contribution in [2.45, 2.75) is 24.5 Å². The van der Waals surface area contributed by atoms with E-state index in [0.29, 0.717) is 0 Å². The highest BCUT2D eigenvalue weighted by molar-refractivity contribution is 5.81. The van der Waals surface area contributed by atoms with E-state index in [1.807, 2.05) is 0 Å². The molecule has 11 nitrogen and oxygen atoms in total. The summed E-state index contributed by atoms with van der Waals surface area (Å²) >= 11 is 0. The number of hydrogen-bond acceptors (Lipinski definition) is 10. The molecule has 1 aliphatic rings. The van der Waals surface area contributed by atoms with Crippen LogP contribution in [0.2, 0.25) is 0 Å². The van der Waals surface area contributed by atoms with Crippen molar-refractivity contribution >= 4 is 17.0 Å². The molecule has 0 unspecified atom stereocenters. The number of anilines is 1. The number of nitrogens with two attached hydrogens (primary N) is 1. The maximum Gasteiger partial charge on any atom is 0.312 e. The molecule has 2 aromatic rings. The number of nitrogen functional groups attached to an aromatic ring is 1. The number of halogens is 1. The summed E-state index contributed by atoms with van der Waals surface area (Å²) in [5, 5.41) is 21.3. The third-order valence-corrected chi connectivity index (χ3v) is 3.93. The molecule has 3 rings (SSSR count). The number of rotatable bonds is 7. The zero-order valence-corrected chi connectivity index (χ0v) is 14.3. The molecule has 1 saturated heterocycles. The van der Waals surface area contributed by atoms with Gasteiger partial charge in [-0.1, -0.05) is 0 Å². The molecule has 1 aliphatic heterocycles. The summed E-state index contributed by atoms with van der Waals surface area (Å²) in [6.07, 6.45) is -3.38. The maximum atomic E-state index is 13.6. The molecule has 1 fully saturated rings. The molecule has 0 aliphatic carbocycles. The number of hydrogen-bond donors (Lipinski definition) is 3. The minimum atomic E-state index is -1.11. The van der Waals surface area contributed by atoms with Crippen LogP contribution in [0.5, 0.6) is 0 Å². The van der Waals surface area contributed by atoms with Crippen LogP contribution in [0.3, 0.4) is 0 Å². The van der Waals surface area contributed by atoms with E-state index in [1.54, 1.807) is 14.1 Å². The Bertz CT molecular complexity index is 759. The summed E-state index contributed by atoms with van der Waals surface area (Å²) in [6, 6.07) is 0. The second kappa shape index (κ2) is 7.73. The highest BCUT2D eigenvalue weighted by Gasteiger charge is 2.46. The van der Waals surface area contributed by atoms with E-state index in [9.17, 15) is 14.6 Å². The van der Waals surface area contributed by atoms with Gasteiger partial charge in [-0.3, -0.25) is 9.40 Å². The molecule has 26 heavy (non-hydrogen) atoms. The number of aromatic nitrogens is 4. The van der Waals surface area contributed by atoms with E-state index in [1.165, 1.54) is 16.0 Å². The normalized spacial score (nSPS) is 26.2. The Morgan fingerprint density at radius 3 is 2.85 bits per heavy atom. The minimum absolute atomic E-state index is 0.101. The topological polar surface area (TPSA) is 141 Å². The van der Waals surface area contributed by atoms with E-state index >= 15 is 0 Å². The summed E-state index contributed by atoms with van der Waals surface area (Å²) in [6.45, 7) is 0.00101. The van der Waals surface area contributed by atoms with Gasteiger partial charge in [-0.05, 0) is 0 Å². The van der Waals surface area contributed by atoms with Gasteiger partial charge in [0.1, 0.15) is 18.3 Å². The molecule has 12 heteroatoms. The standard InChI is InChI=1S/C14H21FN6O5/c1-20(2)25-4-3-24-10-9(23)7(5-22)26-13(10)21-6-17-8-11(16)18-14(15)19-12(8)21/h6-7,9-10,13,22-23H,3-5H2,1-2H3,(H2,16,18,19)/t7-,9-,10-,13-/m1/s1. The monoisotopic (exact) mass is 372 g/mol. The van der Waals surface area contributed by atoms with Gasteiger partial charge in [0.25, 0.3) is 0 Å². The highest BCUT2D eigenvalue weighted by Crippen LogP contribution is 2.33. The van der Waals surface area contributed by atoms with E-state index in [0.717, 1.165) is 0 Å². The van der Waals surface area contributed by atoms with Crippen LogP contribution in [-0.2, 0) is 14.3 Å². The van der Waals surface area contributed by atoms with Gasteiger partial charge in [0, 0.05) is 14.1 Å². The molecule has 0 bridgehead atoms. The van der Waals surface area contributed by atoms with E-state index in [-0.39, 0.29) is 30.2 Å². The molecular weight excluding hydrogens is 351 g/mol. The zero-order chi connectivity index (χ0) is 18.8. The van der Waals surface area contributed by atoms with Gasteiger partial charge in [-0.2, -0.15) is 19.4 Å². The van der Waals surface area contributed by atoms with Gasteiger partial charge in [-0.15, -0.1) is 0 Å². The Morgan fingerprint density at radius 2 is 2.15 bits per heavy atom. The minimum Gasteiger partial charge on any atom is -0.394 e. The van der Waals surface area contributed by atoms with Gasteiger partial charge >= 0.3 is 6.08 Å². The molecule has 0 aromatic carbocycles. The molecule has 0 spiro atoms. The molecule has 0 radical (unpaired) electrons. The van der Waals surface area contributed by atoms with E-state index in [2.05, 4.69) is 15.0 Å². The third-order valence-electron chi connectivity index (χ3n) is 3.93. The SMILES string of the molecule is CN(C)OCCO[C@@H]1[C@H](O)[C@@H](CO)O[C@H]1n1cnc2c(N)nc(F)nc21. The largest absolute Gasteiger partial charge is 0.394 e. The van der Waals surface area contributed by atoms with Crippen LogP contribution in [-0.4, -0.2) is 87.0 Å². The first-order valence-electron chi connectivity index (χ1n) is 7.94. The second-order valence-electron chi connectivity index (χ2n) is 5.92. The molecule has 4 atom stereocenters. The summed E-state index contributed by atoms with van der Waals surface area (Å²) in [4.78, 5) is 16.4. The molecule has 144 valence electrons. The van der Waals surface area contributed by atoms with Crippen LogP contribution < -0.4 is 5.73 Å². The lowest BCUT2D eigenvalue weighted by Crippen LogP contribution is -2.36. The van der Waals surface area contributed by atoms with Gasteiger partial charge in [0.2, 0.25) is 0 Å². The Labute approximate surface area is 148 Å². The molecule has 0 amide bonds. The number of fused-ring (bicyclic) bond motifs is 1. The zero-order valence-electron chi connectivity index (χ0n) is 14.3. The summed E-state index contributed by atoms with van der Waals surface area (Å²) in [5.41, 5.74) is 5.96. The van der Waals surface area contributed by atoms with Crippen molar-refractivity contribution < 1.29 is 28.9 Å². The lowest BCUT2D eigenvalue weighted by molar-refractivity contribution is -0.150. The smallest absolute Gasteiger partial charge is 0.312 e. The van der Waals surface area contributed by atoms with Gasteiger partial charge in [0.05, 0.1) is 26.1 Å². The fraction of sp³-hybridized carbons (Fsp3) is 0.643. The van der Waals surface area contributed by atoms with Gasteiger partial charge in [0.15, 0.2) is 23.2 Å². The van der Waals surface area contributed by atoms with Crippen LogP contribution in [0.4, 0.5) is 10.2 Å². The maximum absolute atomic E-state index is 13.6. The number of aliphatic hydroxyl groups is 2. The first-order chi connectivity index (χ1) is 12.4. The van der Waals surface area contributed by atoms with Crippen molar-refractivity contribution in [3.63, 3.8) is 0 Å². The number of imidazole rings is 1. The van der Waals surface area contributed by atoms with Crippen molar-refractivity contribution in [1.82, 2.24) is 24.6 Å². The number of nitrogens with zero attached hydrogens (tertiary/aromatic N) is 5. The lowest BCUT2D eigenvalue weighted by Gasteiger charge is -2.22. The predicted octanol–water partition coefficient (Wildman–Crippen LogP) is -1.32. The van der Waals surface area contributed by atoms with Crippen molar-refractivity contribution in [3.05, 3.63) is 12.4 Å². The van der Waals surface area contributed by atoms with Gasteiger partial charge in [-0.25, -0.2) is 4.98 Å². The fourth-order valence-corrected chi connectivity index (χ4v) is 2.77. The van der Waals surface area contributed by atoms with Crippen molar-refractivity contribution in [3.8, 4) is 0 Å². The second-order valence-corrected chi connectivity index (χ2v) is 5.92. The Morgan fingerprint density at radius 1 is 1.38 bits per heavy atom. The van der Waals surface area contributed by atoms with Crippen LogP contribution >= 0.6 is 0 Å². The van der Waals surface area contributed by atoms with Crippen LogP contribution in [0.1, 0.15) is 6.23 Å². The molecule has 3 heterocycles. The number of ether oxygens (including phenoxy) is 2. The van der Waals surface area contributed by atoms with Crippen LogP contribution in [0.15, 0.2) is 6.33 Å². The Hall–Kier alpha value is -1.96. The number of aliphatic hydroxyl groups excluding tert-OH is 2. The summed E-state index contributed by atoms with van der Waals surface area (Å²) in [5.74, 6) is -0.111. The van der Waals surface area contributed by atoms with Gasteiger partial charge < -0.3 is 25.4 Å². The average Bonchev–Trinajstić information content (AvgIpc) is 3.12. The average molecular weight is 372 g/mol. The van der Waals surface area contributed by atoms with Crippen molar-refractivity contribution in [1.29, 1.82) is 0 Å². The van der Waals surface area contributed by atoms with Crippen LogP contribution in [0.25, 0.3) is 11.2 Å². The first kappa shape index (κ1) is 18.8. The Kier molecular flexibility index (Phi) is 5.60. The van der Waals surface area contributed by atoms with Crippen molar-refractivity contribution in [2.24, 2.45) is 0 Å². The fourth-order valence-electron chi connectivity index (χ4n) is 2.77. The molecule has 0 saturated carbocycles. The predicted molar refractivity (Wildman–Crippen MR) is 86.1 cm³/mol. The lowest BCUT2D eigenvalue weighted by atomic mass is 10.1. The summed E-state index contributed by atoms with van der Waals surface area (Å²) in [7, 11) is 3.46. The van der Waals surface area contributed by atoms with Crippen molar-refractivity contribution in [2.75, 3.05) is 39.6 Å². The molecular formula is C14H21FN6O5. The third kappa shape index (κ3) is 3.60. The first-order valence-corrected chi connectivity index (χ1v) is 7.94. The molecule has 2 aromatic heterocycles. The molecule has 4 N–H and O–H groups in total. The van der Waals surface area contributed by atoms with E-state index < -0.39 is 37.2 Å². The highest BCUT2D eigenvalue weighted by atomic mass is 19.1.